The van der Waals surface area contributed by atoms with Crippen molar-refractivity contribution >= 4 is 22.3 Å². The second kappa shape index (κ2) is 4.57. The van der Waals surface area contributed by atoms with Gasteiger partial charge in [0.2, 0.25) is 5.52 Å². The van der Waals surface area contributed by atoms with Crippen LogP contribution in [0.2, 0.25) is 0 Å². The fourth-order valence-electron chi connectivity index (χ4n) is 3.91. The molecule has 1 aliphatic heterocycles. The Kier molecular flexibility index (Phi) is 2.37. The molecule has 4 heteroatoms. The SMILES string of the molecule is c1ccc(-n2c3[n+](c4c5ncccc5oc42)Cc2ccccc2-3)cc1. The van der Waals surface area contributed by atoms with Crippen LogP contribution < -0.4 is 4.57 Å². The molecule has 0 N–H and O–H groups in total. The number of imidazole rings is 1. The summed E-state index contributed by atoms with van der Waals surface area (Å²) in [7, 11) is 0. The van der Waals surface area contributed by atoms with E-state index in [2.05, 4.69) is 62.6 Å². The Bertz CT molecular complexity index is 1260. The van der Waals surface area contributed by atoms with Gasteiger partial charge in [0.15, 0.2) is 11.1 Å². The van der Waals surface area contributed by atoms with Crippen molar-refractivity contribution in [2.24, 2.45) is 0 Å². The van der Waals surface area contributed by atoms with E-state index in [0.29, 0.717) is 0 Å². The predicted octanol–water partition coefficient (Wildman–Crippen LogP) is 4.09. The molecule has 118 valence electrons. The van der Waals surface area contributed by atoms with Crippen LogP contribution in [0.5, 0.6) is 0 Å². The maximum atomic E-state index is 6.23. The highest BCUT2D eigenvalue weighted by Gasteiger charge is 2.38. The lowest BCUT2D eigenvalue weighted by atomic mass is 10.1. The number of rotatable bonds is 1. The minimum absolute atomic E-state index is 0.823. The molecule has 0 saturated carbocycles. The van der Waals surface area contributed by atoms with Crippen LogP contribution in [0, 0.1) is 0 Å². The first-order valence-corrected chi connectivity index (χ1v) is 8.37. The third kappa shape index (κ3) is 1.61. The first kappa shape index (κ1) is 13.0. The Hall–Kier alpha value is -3.40. The van der Waals surface area contributed by atoms with Gasteiger partial charge in [-0.1, -0.05) is 36.4 Å². The van der Waals surface area contributed by atoms with Crippen molar-refractivity contribution in [3.8, 4) is 17.1 Å². The molecular formula is C21H14N3O+. The van der Waals surface area contributed by atoms with E-state index in [4.69, 9.17) is 4.42 Å². The molecule has 0 atom stereocenters. The third-order valence-corrected chi connectivity index (χ3v) is 4.95. The molecule has 0 unspecified atom stereocenters. The average Bonchev–Trinajstić information content (AvgIpc) is 3.29. The quantitative estimate of drug-likeness (QED) is 0.427. The van der Waals surface area contributed by atoms with Crippen LogP contribution in [-0.2, 0) is 6.54 Å². The van der Waals surface area contributed by atoms with Gasteiger partial charge in [0.05, 0.1) is 5.56 Å². The van der Waals surface area contributed by atoms with Crippen molar-refractivity contribution in [1.29, 1.82) is 0 Å². The molecule has 0 radical (unpaired) electrons. The molecule has 4 nitrogen and oxygen atoms in total. The Balaban J connectivity index is 1.83. The molecule has 0 bridgehead atoms. The molecule has 0 aliphatic carbocycles. The minimum Gasteiger partial charge on any atom is -0.417 e. The lowest BCUT2D eigenvalue weighted by Crippen LogP contribution is -2.31. The van der Waals surface area contributed by atoms with Crippen molar-refractivity contribution in [2.45, 2.75) is 6.54 Å². The molecule has 0 saturated heterocycles. The number of benzene rings is 2. The monoisotopic (exact) mass is 324 g/mol. The fourth-order valence-corrected chi connectivity index (χ4v) is 3.91. The maximum absolute atomic E-state index is 6.23. The van der Waals surface area contributed by atoms with Crippen molar-refractivity contribution < 1.29 is 8.98 Å². The lowest BCUT2D eigenvalue weighted by Gasteiger charge is -2.00. The molecule has 3 aromatic heterocycles. The number of para-hydroxylation sites is 1. The predicted molar refractivity (Wildman–Crippen MR) is 95.6 cm³/mol. The fraction of sp³-hybridized carbons (Fsp3) is 0.0476. The van der Waals surface area contributed by atoms with E-state index in [0.717, 1.165) is 40.4 Å². The van der Waals surface area contributed by atoms with Crippen molar-refractivity contribution in [3.63, 3.8) is 0 Å². The van der Waals surface area contributed by atoms with E-state index in [1.807, 2.05) is 24.4 Å². The molecule has 0 amide bonds. The highest BCUT2D eigenvalue weighted by molar-refractivity contribution is 5.98. The first-order valence-electron chi connectivity index (χ1n) is 8.37. The molecule has 4 heterocycles. The normalized spacial score (nSPS) is 12.6. The van der Waals surface area contributed by atoms with E-state index >= 15 is 0 Å². The molecule has 2 aromatic carbocycles. The summed E-state index contributed by atoms with van der Waals surface area (Å²) in [5, 5.41) is 0. The summed E-state index contributed by atoms with van der Waals surface area (Å²) in [5.74, 6) is 1.16. The van der Waals surface area contributed by atoms with Gasteiger partial charge in [-0.15, -0.1) is 0 Å². The number of aromatic nitrogens is 3. The van der Waals surface area contributed by atoms with Crippen LogP contribution in [-0.4, -0.2) is 9.55 Å². The number of furan rings is 1. The second-order valence-electron chi connectivity index (χ2n) is 6.34. The molecule has 1 aliphatic rings. The summed E-state index contributed by atoms with van der Waals surface area (Å²) in [6, 6.07) is 22.8. The van der Waals surface area contributed by atoms with E-state index in [1.54, 1.807) is 0 Å². The van der Waals surface area contributed by atoms with E-state index < -0.39 is 0 Å². The van der Waals surface area contributed by atoms with Crippen LogP contribution in [0.3, 0.4) is 0 Å². The van der Waals surface area contributed by atoms with Gasteiger partial charge in [-0.05, 0) is 30.3 Å². The Labute approximate surface area is 143 Å². The summed E-state index contributed by atoms with van der Waals surface area (Å²) in [5.41, 5.74) is 7.33. The smallest absolute Gasteiger partial charge is 0.346 e. The highest BCUT2D eigenvalue weighted by Crippen LogP contribution is 2.37. The zero-order valence-corrected chi connectivity index (χ0v) is 13.4. The lowest BCUT2D eigenvalue weighted by molar-refractivity contribution is -0.645. The van der Waals surface area contributed by atoms with Gasteiger partial charge in [0, 0.05) is 11.8 Å². The molecule has 6 rings (SSSR count). The van der Waals surface area contributed by atoms with Gasteiger partial charge in [0.1, 0.15) is 12.2 Å². The van der Waals surface area contributed by atoms with E-state index in [1.165, 1.54) is 11.1 Å². The van der Waals surface area contributed by atoms with Crippen molar-refractivity contribution in [2.75, 3.05) is 0 Å². The van der Waals surface area contributed by atoms with Gasteiger partial charge in [-0.25, -0.2) is 9.55 Å². The van der Waals surface area contributed by atoms with E-state index in [-0.39, 0.29) is 0 Å². The number of nitrogens with zero attached hydrogens (tertiary/aromatic N) is 3. The van der Waals surface area contributed by atoms with Crippen LogP contribution in [0.4, 0.5) is 0 Å². The topological polar surface area (TPSA) is 34.8 Å². The zero-order valence-electron chi connectivity index (χ0n) is 13.4. The Morgan fingerprint density at radius 1 is 0.920 bits per heavy atom. The summed E-state index contributed by atoms with van der Waals surface area (Å²) < 4.78 is 10.8. The zero-order chi connectivity index (χ0) is 16.4. The summed E-state index contributed by atoms with van der Waals surface area (Å²) in [6.45, 7) is 0.840. The minimum atomic E-state index is 0.823. The van der Waals surface area contributed by atoms with E-state index in [9.17, 15) is 0 Å². The van der Waals surface area contributed by atoms with Gasteiger partial charge in [-0.2, -0.15) is 4.57 Å². The largest absolute Gasteiger partial charge is 0.417 e. The van der Waals surface area contributed by atoms with Crippen LogP contribution in [0.15, 0.2) is 77.3 Å². The number of fused-ring (bicyclic) bond motifs is 7. The average molecular weight is 324 g/mol. The number of pyridine rings is 1. The Morgan fingerprint density at radius 2 is 1.76 bits per heavy atom. The molecular weight excluding hydrogens is 310 g/mol. The summed E-state index contributed by atoms with van der Waals surface area (Å²) in [4.78, 5) is 4.59. The first-order chi connectivity index (χ1) is 12.4. The van der Waals surface area contributed by atoms with Gasteiger partial charge in [0.25, 0.3) is 5.82 Å². The molecule has 25 heavy (non-hydrogen) atoms. The third-order valence-electron chi connectivity index (χ3n) is 4.95. The second-order valence-corrected chi connectivity index (χ2v) is 6.34. The highest BCUT2D eigenvalue weighted by atomic mass is 16.3. The van der Waals surface area contributed by atoms with Crippen molar-refractivity contribution in [3.05, 3.63) is 78.5 Å². The van der Waals surface area contributed by atoms with Crippen LogP contribution in [0.1, 0.15) is 5.56 Å². The van der Waals surface area contributed by atoms with Gasteiger partial charge >= 0.3 is 5.71 Å². The Morgan fingerprint density at radius 3 is 2.68 bits per heavy atom. The molecule has 0 spiro atoms. The van der Waals surface area contributed by atoms with Crippen molar-refractivity contribution in [1.82, 2.24) is 9.55 Å². The molecule has 5 aromatic rings. The summed E-state index contributed by atoms with van der Waals surface area (Å²) in [6.07, 6.45) is 1.83. The van der Waals surface area contributed by atoms with Gasteiger partial charge in [-0.3, -0.25) is 0 Å². The maximum Gasteiger partial charge on any atom is 0.346 e. The molecule has 0 fully saturated rings. The number of hydrogen-bond donors (Lipinski definition) is 0. The van der Waals surface area contributed by atoms with Crippen LogP contribution in [0.25, 0.3) is 39.4 Å². The number of hydrogen-bond acceptors (Lipinski definition) is 2. The summed E-state index contributed by atoms with van der Waals surface area (Å²) >= 11 is 0. The van der Waals surface area contributed by atoms with Gasteiger partial charge < -0.3 is 4.42 Å². The van der Waals surface area contributed by atoms with Crippen LogP contribution >= 0.6 is 0 Å². The standard InChI is InChI=1S/C21H14N3O/c1-2-8-15(9-3-1)24-20-16-10-5-4-7-14(16)13-23(20)19-18-17(25-21(19)24)11-6-12-22-18/h1-12H,13H2/q+1.